The van der Waals surface area contributed by atoms with Gasteiger partial charge in [-0.2, -0.15) is 23.1 Å². The Morgan fingerprint density at radius 3 is 2.91 bits per heavy atom. The van der Waals surface area contributed by atoms with E-state index in [2.05, 4.69) is 32.9 Å². The molecule has 1 heterocycles. The molecule has 0 aromatic carbocycles. The summed E-state index contributed by atoms with van der Waals surface area (Å²) in [5, 5.41) is 4.17. The van der Waals surface area contributed by atoms with Crippen LogP contribution in [0.15, 0.2) is 15.2 Å². The van der Waals surface area contributed by atoms with Crippen molar-refractivity contribution in [3.05, 3.63) is 20.8 Å². The zero-order valence-electron chi connectivity index (χ0n) is 6.21. The Hall–Kier alpha value is 0.490. The first kappa shape index (κ1) is 9.58. The minimum atomic E-state index is 0.172. The summed E-state index contributed by atoms with van der Waals surface area (Å²) in [6.07, 6.45) is 2.07. The Kier molecular flexibility index (Phi) is 3.92. The van der Waals surface area contributed by atoms with Crippen LogP contribution in [0.2, 0.25) is 0 Å². The number of hydrogen-bond donors (Lipinski definition) is 1. The molecule has 0 aliphatic heterocycles. The van der Waals surface area contributed by atoms with Crippen LogP contribution in [-0.4, -0.2) is 12.0 Å². The molecule has 0 amide bonds. The fourth-order valence-corrected chi connectivity index (χ4v) is 3.02. The van der Waals surface area contributed by atoms with Gasteiger partial charge in [-0.25, -0.2) is 0 Å². The Bertz CT molecular complexity index is 224. The molecule has 0 aliphatic rings. The standard InChI is InChI=1S/C7H10BrNS2/c1-10-4-7(9)5-2-11-3-6(5)8/h2-3,7H,4,9H2,1H3. The molecule has 1 atom stereocenters. The van der Waals surface area contributed by atoms with Crippen LogP contribution in [0.4, 0.5) is 0 Å². The molecule has 2 N–H and O–H groups in total. The smallest absolute Gasteiger partial charge is 0.0406 e. The molecule has 0 bridgehead atoms. The maximum Gasteiger partial charge on any atom is 0.0406 e. The van der Waals surface area contributed by atoms with E-state index in [1.807, 2.05) is 0 Å². The van der Waals surface area contributed by atoms with Crippen LogP contribution in [0.25, 0.3) is 0 Å². The van der Waals surface area contributed by atoms with Gasteiger partial charge in [0, 0.05) is 21.6 Å². The summed E-state index contributed by atoms with van der Waals surface area (Å²) in [4.78, 5) is 0. The number of thioether (sulfide) groups is 1. The van der Waals surface area contributed by atoms with E-state index >= 15 is 0 Å². The predicted octanol–water partition coefficient (Wildman–Crippen LogP) is 2.87. The van der Waals surface area contributed by atoms with E-state index in [1.54, 1.807) is 23.1 Å². The highest BCUT2D eigenvalue weighted by atomic mass is 79.9. The topological polar surface area (TPSA) is 26.0 Å². The van der Waals surface area contributed by atoms with E-state index in [1.165, 1.54) is 5.56 Å². The van der Waals surface area contributed by atoms with E-state index in [4.69, 9.17) is 5.73 Å². The van der Waals surface area contributed by atoms with Crippen LogP contribution < -0.4 is 5.73 Å². The largest absolute Gasteiger partial charge is 0.323 e. The van der Waals surface area contributed by atoms with Crippen LogP contribution in [0.5, 0.6) is 0 Å². The fraction of sp³-hybridized carbons (Fsp3) is 0.429. The molecule has 0 fully saturated rings. The van der Waals surface area contributed by atoms with Gasteiger partial charge in [-0.05, 0) is 33.1 Å². The lowest BCUT2D eigenvalue weighted by molar-refractivity contribution is 0.833. The molecule has 11 heavy (non-hydrogen) atoms. The Morgan fingerprint density at radius 1 is 1.73 bits per heavy atom. The lowest BCUT2D eigenvalue weighted by atomic mass is 10.2. The molecular formula is C7H10BrNS2. The first-order valence-corrected chi connectivity index (χ1v) is 6.34. The van der Waals surface area contributed by atoms with Crippen LogP contribution >= 0.6 is 39.0 Å². The molecule has 1 aromatic rings. The fourth-order valence-electron chi connectivity index (χ4n) is 0.825. The zero-order chi connectivity index (χ0) is 8.27. The molecule has 0 radical (unpaired) electrons. The number of rotatable bonds is 3. The van der Waals surface area contributed by atoms with E-state index in [0.717, 1.165) is 10.2 Å². The summed E-state index contributed by atoms with van der Waals surface area (Å²) >= 11 is 6.92. The van der Waals surface area contributed by atoms with Gasteiger partial charge in [0.25, 0.3) is 0 Å². The third-order valence-corrected chi connectivity index (χ3v) is 3.83. The van der Waals surface area contributed by atoms with E-state index < -0.39 is 0 Å². The van der Waals surface area contributed by atoms with Crippen molar-refractivity contribution in [2.24, 2.45) is 5.73 Å². The second kappa shape index (κ2) is 4.50. The molecular weight excluding hydrogens is 242 g/mol. The first-order chi connectivity index (χ1) is 5.25. The minimum absolute atomic E-state index is 0.172. The monoisotopic (exact) mass is 251 g/mol. The van der Waals surface area contributed by atoms with Gasteiger partial charge < -0.3 is 5.73 Å². The van der Waals surface area contributed by atoms with Crippen molar-refractivity contribution in [1.82, 2.24) is 0 Å². The van der Waals surface area contributed by atoms with Gasteiger partial charge in [0.1, 0.15) is 0 Å². The molecule has 0 saturated heterocycles. The van der Waals surface area contributed by atoms with Gasteiger partial charge in [0.05, 0.1) is 0 Å². The van der Waals surface area contributed by atoms with Gasteiger partial charge in [-0.1, -0.05) is 0 Å². The van der Waals surface area contributed by atoms with E-state index in [9.17, 15) is 0 Å². The number of thiophene rings is 1. The number of halogens is 1. The maximum atomic E-state index is 5.91. The number of hydrogen-bond acceptors (Lipinski definition) is 3. The summed E-state index contributed by atoms with van der Waals surface area (Å²) in [7, 11) is 0. The van der Waals surface area contributed by atoms with E-state index in [0.29, 0.717) is 0 Å². The van der Waals surface area contributed by atoms with Gasteiger partial charge in [-0.3, -0.25) is 0 Å². The molecule has 4 heteroatoms. The van der Waals surface area contributed by atoms with Gasteiger partial charge in [0.2, 0.25) is 0 Å². The first-order valence-electron chi connectivity index (χ1n) is 3.21. The minimum Gasteiger partial charge on any atom is -0.323 e. The molecule has 0 saturated carbocycles. The molecule has 1 unspecified atom stereocenters. The summed E-state index contributed by atoms with van der Waals surface area (Å²) in [5.74, 6) is 0.981. The summed E-state index contributed by atoms with van der Waals surface area (Å²) in [6.45, 7) is 0. The molecule has 1 rings (SSSR count). The summed E-state index contributed by atoms with van der Waals surface area (Å²) in [6, 6.07) is 0.172. The molecule has 0 aliphatic carbocycles. The van der Waals surface area contributed by atoms with Crippen molar-refractivity contribution in [3.8, 4) is 0 Å². The second-order valence-corrected chi connectivity index (χ2v) is 4.75. The SMILES string of the molecule is CSCC(N)c1cscc1Br. The predicted molar refractivity (Wildman–Crippen MR) is 57.3 cm³/mol. The molecule has 0 spiro atoms. The third kappa shape index (κ3) is 2.47. The van der Waals surface area contributed by atoms with Crippen LogP contribution in [0.1, 0.15) is 11.6 Å². The van der Waals surface area contributed by atoms with Gasteiger partial charge >= 0.3 is 0 Å². The van der Waals surface area contributed by atoms with Crippen molar-refractivity contribution in [3.63, 3.8) is 0 Å². The Morgan fingerprint density at radius 2 is 2.45 bits per heavy atom. The number of nitrogens with two attached hydrogens (primary N) is 1. The average Bonchev–Trinajstić information content (AvgIpc) is 2.36. The van der Waals surface area contributed by atoms with Crippen molar-refractivity contribution < 1.29 is 0 Å². The van der Waals surface area contributed by atoms with Gasteiger partial charge in [0.15, 0.2) is 0 Å². The maximum absolute atomic E-state index is 5.91. The van der Waals surface area contributed by atoms with Crippen LogP contribution in [-0.2, 0) is 0 Å². The highest BCUT2D eigenvalue weighted by Crippen LogP contribution is 2.27. The molecule has 1 nitrogen and oxygen atoms in total. The second-order valence-electron chi connectivity index (χ2n) is 2.24. The van der Waals surface area contributed by atoms with Crippen molar-refractivity contribution in [1.29, 1.82) is 0 Å². The quantitative estimate of drug-likeness (QED) is 0.895. The Balaban J connectivity index is 2.67. The van der Waals surface area contributed by atoms with Crippen molar-refractivity contribution in [2.45, 2.75) is 6.04 Å². The van der Waals surface area contributed by atoms with Crippen molar-refractivity contribution in [2.75, 3.05) is 12.0 Å². The molecule has 1 aromatic heterocycles. The molecule has 62 valence electrons. The van der Waals surface area contributed by atoms with E-state index in [-0.39, 0.29) is 6.04 Å². The summed E-state index contributed by atoms with van der Waals surface area (Å²) in [5.41, 5.74) is 7.13. The summed E-state index contributed by atoms with van der Waals surface area (Å²) < 4.78 is 1.14. The average molecular weight is 252 g/mol. The Labute approximate surface area is 83.5 Å². The van der Waals surface area contributed by atoms with Gasteiger partial charge in [-0.15, -0.1) is 0 Å². The zero-order valence-corrected chi connectivity index (χ0v) is 9.43. The van der Waals surface area contributed by atoms with Crippen LogP contribution in [0.3, 0.4) is 0 Å². The van der Waals surface area contributed by atoms with Crippen LogP contribution in [0, 0.1) is 0 Å². The lowest BCUT2D eigenvalue weighted by Crippen LogP contribution is -2.12. The highest BCUT2D eigenvalue weighted by Gasteiger charge is 2.08. The normalized spacial score (nSPS) is 13.4. The highest BCUT2D eigenvalue weighted by molar-refractivity contribution is 9.10. The lowest BCUT2D eigenvalue weighted by Gasteiger charge is -2.07. The third-order valence-electron chi connectivity index (χ3n) is 1.39. The van der Waals surface area contributed by atoms with Crippen molar-refractivity contribution >= 4 is 39.0 Å².